The van der Waals surface area contributed by atoms with Gasteiger partial charge < -0.3 is 20.7 Å². The van der Waals surface area contributed by atoms with Gasteiger partial charge in [-0.1, -0.05) is 30.3 Å². The fraction of sp³-hybridized carbons (Fsp3) is 0.462. The molecule has 2 aliphatic rings. The van der Waals surface area contributed by atoms with Crippen LogP contribution in [0.1, 0.15) is 70.4 Å². The second-order valence-electron chi connectivity index (χ2n) is 9.02. The molecule has 7 heteroatoms. The number of ether oxygens (including phenoxy) is 1. The molecule has 3 atom stereocenters. The van der Waals surface area contributed by atoms with Gasteiger partial charge >= 0.3 is 0 Å². The normalized spacial score (nSPS) is 24.0. The number of halogens is 1. The Labute approximate surface area is 194 Å². The number of benzene rings is 2. The van der Waals surface area contributed by atoms with Gasteiger partial charge in [-0.05, 0) is 56.8 Å². The van der Waals surface area contributed by atoms with Crippen LogP contribution in [-0.4, -0.2) is 50.3 Å². The second kappa shape index (κ2) is 9.91. The fourth-order valence-electron chi connectivity index (χ4n) is 4.92. The molecular weight excluding hydrogens is 421 g/mol. The highest BCUT2D eigenvalue weighted by Crippen LogP contribution is 2.44. The number of hydrogen-bond donors (Lipinski definition) is 3. The molecule has 176 valence electrons. The summed E-state index contributed by atoms with van der Waals surface area (Å²) < 4.78 is 20.9. The number of fused-ring (bicyclic) bond motifs is 1. The molecule has 0 spiro atoms. The summed E-state index contributed by atoms with van der Waals surface area (Å²) in [4.78, 5) is 25.6. The minimum Gasteiger partial charge on any atom is -0.489 e. The summed E-state index contributed by atoms with van der Waals surface area (Å²) in [6, 6.07) is 13.3. The van der Waals surface area contributed by atoms with Crippen LogP contribution in [0.25, 0.3) is 0 Å². The van der Waals surface area contributed by atoms with Gasteiger partial charge in [-0.2, -0.15) is 0 Å². The van der Waals surface area contributed by atoms with E-state index in [-0.39, 0.29) is 23.8 Å². The first kappa shape index (κ1) is 23.2. The Bertz CT molecular complexity index is 1010. The lowest BCUT2D eigenvalue weighted by Crippen LogP contribution is -2.42. The average Bonchev–Trinajstić information content (AvgIpc) is 3.17. The second-order valence-corrected chi connectivity index (χ2v) is 9.02. The van der Waals surface area contributed by atoms with E-state index in [1.54, 1.807) is 13.1 Å². The van der Waals surface area contributed by atoms with Crippen molar-refractivity contribution in [2.75, 3.05) is 26.7 Å². The highest BCUT2D eigenvalue weighted by Gasteiger charge is 2.36. The molecule has 3 N–H and O–H groups in total. The lowest BCUT2D eigenvalue weighted by molar-refractivity contribution is 0.0929. The van der Waals surface area contributed by atoms with Crippen molar-refractivity contribution in [1.82, 2.24) is 16.0 Å². The van der Waals surface area contributed by atoms with Crippen LogP contribution < -0.4 is 20.7 Å². The van der Waals surface area contributed by atoms with Crippen LogP contribution in [-0.2, 0) is 0 Å². The summed E-state index contributed by atoms with van der Waals surface area (Å²) in [6.45, 7) is 3.59. The predicted molar refractivity (Wildman–Crippen MR) is 126 cm³/mol. The van der Waals surface area contributed by atoms with E-state index in [1.165, 1.54) is 0 Å². The van der Waals surface area contributed by atoms with Crippen molar-refractivity contribution in [2.24, 2.45) is 0 Å². The molecule has 2 amide bonds. The number of rotatable bonds is 7. The summed E-state index contributed by atoms with van der Waals surface area (Å²) in [5.74, 6) is -0.131. The third-order valence-corrected chi connectivity index (χ3v) is 6.63. The summed E-state index contributed by atoms with van der Waals surface area (Å²) in [7, 11) is 1.56. The van der Waals surface area contributed by atoms with Crippen LogP contribution in [0, 0.1) is 0 Å². The number of amides is 2. The molecule has 0 aliphatic carbocycles. The van der Waals surface area contributed by atoms with Crippen molar-refractivity contribution in [2.45, 2.75) is 50.3 Å². The van der Waals surface area contributed by atoms with Crippen molar-refractivity contribution in [3.63, 3.8) is 0 Å². The van der Waals surface area contributed by atoms with Gasteiger partial charge in [0.1, 0.15) is 17.5 Å². The molecule has 2 aliphatic heterocycles. The Morgan fingerprint density at radius 2 is 2.00 bits per heavy atom. The molecule has 0 saturated carbocycles. The van der Waals surface area contributed by atoms with Crippen molar-refractivity contribution < 1.29 is 18.7 Å². The van der Waals surface area contributed by atoms with Crippen LogP contribution in [0.5, 0.6) is 5.75 Å². The molecule has 0 aromatic heterocycles. The maximum atomic E-state index is 14.8. The number of carbonyl (C=O) groups is 2. The smallest absolute Gasteiger partial charge is 0.254 e. The molecule has 0 bridgehead atoms. The summed E-state index contributed by atoms with van der Waals surface area (Å²) in [5, 5.41) is 8.65. The minimum absolute atomic E-state index is 0.0810. The Hall–Kier alpha value is -2.93. The first-order valence-corrected chi connectivity index (χ1v) is 11.7. The molecule has 4 rings (SSSR count). The van der Waals surface area contributed by atoms with E-state index in [4.69, 9.17) is 4.74 Å². The van der Waals surface area contributed by atoms with Gasteiger partial charge in [0.2, 0.25) is 0 Å². The molecule has 3 unspecified atom stereocenters. The first-order chi connectivity index (χ1) is 15.9. The summed E-state index contributed by atoms with van der Waals surface area (Å²) in [5.41, 5.74) is 1.45. The predicted octanol–water partition coefficient (Wildman–Crippen LogP) is 3.56. The van der Waals surface area contributed by atoms with Crippen molar-refractivity contribution in [3.05, 3.63) is 64.7 Å². The van der Waals surface area contributed by atoms with Gasteiger partial charge in [-0.3, -0.25) is 9.59 Å². The zero-order valence-electron chi connectivity index (χ0n) is 19.2. The highest BCUT2D eigenvalue weighted by atomic mass is 19.1. The Morgan fingerprint density at radius 1 is 1.21 bits per heavy atom. The lowest BCUT2D eigenvalue weighted by Gasteiger charge is -2.30. The van der Waals surface area contributed by atoms with E-state index in [2.05, 4.69) is 16.0 Å². The first-order valence-electron chi connectivity index (χ1n) is 11.7. The molecule has 2 aromatic carbocycles. The largest absolute Gasteiger partial charge is 0.489 e. The number of hydrogen-bond acceptors (Lipinski definition) is 4. The van der Waals surface area contributed by atoms with Crippen LogP contribution in [0.4, 0.5) is 4.39 Å². The van der Waals surface area contributed by atoms with Gasteiger partial charge in [0, 0.05) is 37.2 Å². The van der Waals surface area contributed by atoms with E-state index >= 15 is 0 Å². The van der Waals surface area contributed by atoms with Crippen molar-refractivity contribution >= 4 is 11.8 Å². The molecule has 1 saturated heterocycles. The van der Waals surface area contributed by atoms with Crippen molar-refractivity contribution in [1.29, 1.82) is 0 Å². The number of carbonyl (C=O) groups excluding carboxylic acids is 2. The molecular formula is C26H32FN3O3. The van der Waals surface area contributed by atoms with Crippen LogP contribution in [0.3, 0.4) is 0 Å². The molecule has 2 heterocycles. The molecule has 1 fully saturated rings. The van der Waals surface area contributed by atoms with E-state index < -0.39 is 5.67 Å². The van der Waals surface area contributed by atoms with Gasteiger partial charge in [-0.25, -0.2) is 4.39 Å². The Kier molecular flexibility index (Phi) is 6.98. The highest BCUT2D eigenvalue weighted by molar-refractivity contribution is 6.02. The zero-order valence-corrected chi connectivity index (χ0v) is 19.2. The number of alkyl halides is 1. The molecule has 33 heavy (non-hydrogen) atoms. The molecule has 0 radical (unpaired) electrons. The Balaban J connectivity index is 1.53. The standard InChI is InChI=1S/C26H32FN3O3/c1-17-22(18-8-4-3-5-9-18)20-14-19(15-21(23(20)33-17)25(32)28-2)24(31)30-13-7-11-26(27)10-6-12-29-16-26/h3-5,8-9,14-15,17,22,29H,6-7,10-13,16H2,1-2H3,(H,28,32)(H,30,31). The quantitative estimate of drug-likeness (QED) is 0.560. The lowest BCUT2D eigenvalue weighted by atomic mass is 9.87. The average molecular weight is 454 g/mol. The maximum absolute atomic E-state index is 14.8. The monoisotopic (exact) mass is 453 g/mol. The van der Waals surface area contributed by atoms with Crippen LogP contribution >= 0.6 is 0 Å². The topological polar surface area (TPSA) is 79.5 Å². The summed E-state index contributed by atoms with van der Waals surface area (Å²) >= 11 is 0. The molecule has 2 aromatic rings. The zero-order chi connectivity index (χ0) is 23.4. The van der Waals surface area contributed by atoms with E-state index in [9.17, 15) is 14.0 Å². The maximum Gasteiger partial charge on any atom is 0.254 e. The summed E-state index contributed by atoms with van der Waals surface area (Å²) in [6.07, 6.45) is 2.20. The Morgan fingerprint density at radius 3 is 2.70 bits per heavy atom. The minimum atomic E-state index is -1.20. The van der Waals surface area contributed by atoms with Crippen molar-refractivity contribution in [3.8, 4) is 5.75 Å². The third-order valence-electron chi connectivity index (χ3n) is 6.63. The van der Waals surface area contributed by atoms with Gasteiger partial charge in [0.15, 0.2) is 0 Å². The van der Waals surface area contributed by atoms with Gasteiger partial charge in [-0.15, -0.1) is 0 Å². The number of piperidine rings is 1. The van der Waals surface area contributed by atoms with E-state index in [0.717, 1.165) is 24.1 Å². The number of nitrogens with one attached hydrogen (secondary N) is 3. The SMILES string of the molecule is CNC(=O)c1cc(C(=O)NCCCC2(F)CCCNC2)cc2c1OC(C)C2c1ccccc1. The molecule has 6 nitrogen and oxygen atoms in total. The van der Waals surface area contributed by atoms with Crippen LogP contribution in [0.2, 0.25) is 0 Å². The van der Waals surface area contributed by atoms with E-state index in [1.807, 2.05) is 43.3 Å². The fourth-order valence-corrected chi connectivity index (χ4v) is 4.92. The van der Waals surface area contributed by atoms with Crippen LogP contribution in [0.15, 0.2) is 42.5 Å². The van der Waals surface area contributed by atoms with Gasteiger partial charge in [0.05, 0.1) is 5.56 Å². The van der Waals surface area contributed by atoms with Gasteiger partial charge in [0.25, 0.3) is 11.8 Å². The van der Waals surface area contributed by atoms with E-state index in [0.29, 0.717) is 49.2 Å². The third kappa shape index (κ3) is 5.03.